The summed E-state index contributed by atoms with van der Waals surface area (Å²) in [7, 11) is 0. The molecular weight excluding hydrogens is 290 g/mol. The van der Waals surface area contributed by atoms with Crippen molar-refractivity contribution in [1.29, 1.82) is 0 Å². The Labute approximate surface area is 137 Å². The highest BCUT2D eigenvalue weighted by Gasteiger charge is 2.11. The van der Waals surface area contributed by atoms with Gasteiger partial charge in [0.05, 0.1) is 11.1 Å². The van der Waals surface area contributed by atoms with Crippen molar-refractivity contribution in [2.75, 3.05) is 0 Å². The van der Waals surface area contributed by atoms with Crippen molar-refractivity contribution in [3.05, 3.63) is 57.8 Å². The quantitative estimate of drug-likeness (QED) is 0.620. The normalized spacial score (nSPS) is 12.6. The van der Waals surface area contributed by atoms with Crippen molar-refractivity contribution in [2.24, 2.45) is 0 Å². The number of pyridine rings is 1. The van der Waals surface area contributed by atoms with Gasteiger partial charge in [0.2, 0.25) is 0 Å². The summed E-state index contributed by atoms with van der Waals surface area (Å²) in [5.41, 5.74) is 4.65. The van der Waals surface area contributed by atoms with Crippen molar-refractivity contribution >= 4 is 17.1 Å². The highest BCUT2D eigenvalue weighted by Crippen LogP contribution is 2.34. The number of thiophene rings is 1. The van der Waals surface area contributed by atoms with E-state index in [1.165, 1.54) is 16.0 Å². The third-order valence-corrected chi connectivity index (χ3v) is 4.65. The van der Waals surface area contributed by atoms with Crippen LogP contribution in [0.4, 0.5) is 0 Å². The molecule has 0 aliphatic rings. The highest BCUT2D eigenvalue weighted by atomic mass is 32.1. The maximum atomic E-state index is 5.85. The second kappa shape index (κ2) is 7.41. The Morgan fingerprint density at radius 1 is 1.32 bits per heavy atom. The first kappa shape index (κ1) is 16.5. The summed E-state index contributed by atoms with van der Waals surface area (Å²) in [6.45, 7) is 10.4. The smallest absolute Gasteiger partial charge is 0.139 e. The molecule has 0 saturated carbocycles. The van der Waals surface area contributed by atoms with Gasteiger partial charge in [0.15, 0.2) is 0 Å². The van der Waals surface area contributed by atoms with E-state index in [4.69, 9.17) is 4.74 Å². The first-order valence-electron chi connectivity index (χ1n) is 7.57. The van der Waals surface area contributed by atoms with Crippen LogP contribution in [0.1, 0.15) is 42.6 Å². The number of nitrogens with zero attached hydrogens (tertiary/aromatic N) is 1. The van der Waals surface area contributed by atoms with E-state index >= 15 is 0 Å². The number of allylic oxidation sites excluding steroid dienone is 2. The van der Waals surface area contributed by atoms with E-state index in [1.54, 1.807) is 11.3 Å². The standard InChI is InChI=1S/C19H23NOS/c1-6-13(3)12-21-18(7-2)19-10-17(15(5)22-19)16-9-8-14(4)20-11-16/h7-12H,6H2,1-5H3/b13-12+,18-7-. The average Bonchev–Trinajstić information content (AvgIpc) is 2.90. The second-order valence-corrected chi connectivity index (χ2v) is 6.61. The third-order valence-electron chi connectivity index (χ3n) is 3.59. The van der Waals surface area contributed by atoms with Crippen LogP contribution in [0.3, 0.4) is 0 Å². The van der Waals surface area contributed by atoms with Crippen molar-refractivity contribution in [3.8, 4) is 11.1 Å². The molecule has 0 aromatic carbocycles. The van der Waals surface area contributed by atoms with E-state index in [0.717, 1.165) is 28.3 Å². The lowest BCUT2D eigenvalue weighted by molar-refractivity contribution is 0.430. The van der Waals surface area contributed by atoms with Gasteiger partial charge in [0, 0.05) is 22.3 Å². The van der Waals surface area contributed by atoms with Gasteiger partial charge in [-0.2, -0.15) is 0 Å². The lowest BCUT2D eigenvalue weighted by Crippen LogP contribution is -1.84. The molecule has 0 atom stereocenters. The van der Waals surface area contributed by atoms with Crippen LogP contribution in [0.2, 0.25) is 0 Å². The number of ether oxygens (including phenoxy) is 1. The molecule has 2 aromatic rings. The Balaban J connectivity index is 2.30. The van der Waals surface area contributed by atoms with E-state index in [-0.39, 0.29) is 0 Å². The Morgan fingerprint density at radius 3 is 2.68 bits per heavy atom. The Hall–Kier alpha value is -1.87. The molecule has 2 aromatic heterocycles. The van der Waals surface area contributed by atoms with Crippen LogP contribution < -0.4 is 0 Å². The molecule has 0 saturated heterocycles. The highest BCUT2D eigenvalue weighted by molar-refractivity contribution is 7.13. The molecule has 3 heteroatoms. The second-order valence-electron chi connectivity index (χ2n) is 5.36. The van der Waals surface area contributed by atoms with Crippen LogP contribution in [0, 0.1) is 13.8 Å². The minimum Gasteiger partial charge on any atom is -0.464 e. The minimum atomic E-state index is 0.909. The summed E-state index contributed by atoms with van der Waals surface area (Å²) in [5, 5.41) is 0. The molecule has 0 spiro atoms. The van der Waals surface area contributed by atoms with Gasteiger partial charge < -0.3 is 4.74 Å². The van der Waals surface area contributed by atoms with E-state index in [0.29, 0.717) is 0 Å². The molecular formula is C19H23NOS. The van der Waals surface area contributed by atoms with Crippen LogP contribution >= 0.6 is 11.3 Å². The molecule has 0 amide bonds. The van der Waals surface area contributed by atoms with Gasteiger partial charge in [-0.25, -0.2) is 0 Å². The van der Waals surface area contributed by atoms with Gasteiger partial charge in [-0.3, -0.25) is 4.98 Å². The topological polar surface area (TPSA) is 22.1 Å². The molecule has 0 radical (unpaired) electrons. The van der Waals surface area contributed by atoms with Gasteiger partial charge in [-0.15, -0.1) is 11.3 Å². The van der Waals surface area contributed by atoms with Gasteiger partial charge in [0.1, 0.15) is 5.76 Å². The molecule has 0 unspecified atom stereocenters. The fourth-order valence-electron chi connectivity index (χ4n) is 2.03. The largest absolute Gasteiger partial charge is 0.464 e. The van der Waals surface area contributed by atoms with Gasteiger partial charge in [-0.1, -0.05) is 13.0 Å². The van der Waals surface area contributed by atoms with Crippen LogP contribution in [0.5, 0.6) is 0 Å². The third kappa shape index (κ3) is 3.86. The summed E-state index contributed by atoms with van der Waals surface area (Å²) >= 11 is 1.76. The van der Waals surface area contributed by atoms with E-state index in [9.17, 15) is 0 Å². The Kier molecular flexibility index (Phi) is 5.56. The number of aryl methyl sites for hydroxylation is 2. The number of aromatic nitrogens is 1. The van der Waals surface area contributed by atoms with E-state index in [2.05, 4.69) is 37.9 Å². The Morgan fingerprint density at radius 2 is 2.09 bits per heavy atom. The van der Waals surface area contributed by atoms with Crippen molar-refractivity contribution in [2.45, 2.75) is 41.0 Å². The molecule has 2 nitrogen and oxygen atoms in total. The number of hydrogen-bond acceptors (Lipinski definition) is 3. The lowest BCUT2D eigenvalue weighted by atomic mass is 10.1. The maximum Gasteiger partial charge on any atom is 0.139 e. The van der Waals surface area contributed by atoms with Crippen molar-refractivity contribution < 1.29 is 4.74 Å². The predicted octanol–water partition coefficient (Wildman–Crippen LogP) is 6.12. The molecule has 22 heavy (non-hydrogen) atoms. The monoisotopic (exact) mass is 313 g/mol. The molecule has 0 aliphatic carbocycles. The first-order chi connectivity index (χ1) is 10.5. The van der Waals surface area contributed by atoms with Gasteiger partial charge in [0.25, 0.3) is 0 Å². The number of hydrogen-bond donors (Lipinski definition) is 0. The first-order valence-corrected chi connectivity index (χ1v) is 8.39. The van der Waals surface area contributed by atoms with Crippen molar-refractivity contribution in [1.82, 2.24) is 4.98 Å². The number of rotatable bonds is 5. The molecule has 116 valence electrons. The fraction of sp³-hybridized carbons (Fsp3) is 0.316. The molecule has 2 rings (SSSR count). The lowest BCUT2D eigenvalue weighted by Gasteiger charge is -2.04. The SMILES string of the molecule is C/C=C(\O/C=C(\C)CC)c1cc(-c2ccc(C)nc2)c(C)s1. The zero-order valence-electron chi connectivity index (χ0n) is 13.9. The molecule has 0 bridgehead atoms. The molecule has 2 heterocycles. The van der Waals surface area contributed by atoms with Crippen molar-refractivity contribution in [3.63, 3.8) is 0 Å². The zero-order valence-corrected chi connectivity index (χ0v) is 14.8. The van der Waals surface area contributed by atoms with Crippen LogP contribution in [-0.2, 0) is 4.74 Å². The van der Waals surface area contributed by atoms with Gasteiger partial charge in [-0.05, 0) is 63.5 Å². The van der Waals surface area contributed by atoms with Gasteiger partial charge >= 0.3 is 0 Å². The molecule has 0 fully saturated rings. The minimum absolute atomic E-state index is 0.909. The van der Waals surface area contributed by atoms with E-state index in [1.807, 2.05) is 38.4 Å². The fourth-order valence-corrected chi connectivity index (χ4v) is 3.09. The summed E-state index contributed by atoms with van der Waals surface area (Å²) in [5.74, 6) is 0.909. The van der Waals surface area contributed by atoms with Crippen LogP contribution in [-0.4, -0.2) is 4.98 Å². The van der Waals surface area contributed by atoms with Crippen LogP contribution in [0.15, 0.2) is 42.3 Å². The predicted molar refractivity (Wildman–Crippen MR) is 95.8 cm³/mol. The molecule has 0 aliphatic heterocycles. The van der Waals surface area contributed by atoms with E-state index < -0.39 is 0 Å². The summed E-state index contributed by atoms with van der Waals surface area (Å²) < 4.78 is 5.85. The average molecular weight is 313 g/mol. The Bertz CT molecular complexity index is 693. The molecule has 0 N–H and O–H groups in total. The summed E-state index contributed by atoms with van der Waals surface area (Å²) in [6.07, 6.45) is 6.80. The summed E-state index contributed by atoms with van der Waals surface area (Å²) in [6, 6.07) is 6.36. The summed E-state index contributed by atoms with van der Waals surface area (Å²) in [4.78, 5) is 6.82. The van der Waals surface area contributed by atoms with Crippen LogP contribution in [0.25, 0.3) is 16.9 Å². The zero-order chi connectivity index (χ0) is 16.1. The maximum absolute atomic E-state index is 5.85.